The largest absolute Gasteiger partial charge is 0.454 e. The highest BCUT2D eigenvalue weighted by atomic mass is 32.2. The van der Waals surface area contributed by atoms with Crippen molar-refractivity contribution in [2.24, 2.45) is 0 Å². The standard InChI is InChI=1S/C27H23F9N2O5S/c1-4-24(2,3)15-12-20(38-23(39)37-18-10-16(26(31,32)33)9-17(11-18)27(34,35)36)22(21(13-15)44(40,41)42)43-19-7-5-14(6-8-19)25(28,29)30/h5-13H,4H2,1-3H3,(H2,37,38,39)(H,40,41,42). The minimum Gasteiger partial charge on any atom is -0.454 e. The lowest BCUT2D eigenvalue weighted by Crippen LogP contribution is -2.23. The van der Waals surface area contributed by atoms with Crippen LogP contribution in [0.15, 0.2) is 59.5 Å². The van der Waals surface area contributed by atoms with Crippen LogP contribution in [0.1, 0.15) is 49.4 Å². The molecule has 2 amide bonds. The van der Waals surface area contributed by atoms with E-state index in [9.17, 15) is 57.3 Å². The second-order valence-corrected chi connectivity index (χ2v) is 11.5. The van der Waals surface area contributed by atoms with Crippen LogP contribution in [0.4, 0.5) is 55.7 Å². The molecule has 0 radical (unpaired) electrons. The molecule has 0 heterocycles. The molecule has 44 heavy (non-hydrogen) atoms. The van der Waals surface area contributed by atoms with Crippen LogP contribution < -0.4 is 15.4 Å². The molecule has 0 aliphatic rings. The van der Waals surface area contributed by atoms with Crippen molar-refractivity contribution >= 4 is 27.5 Å². The summed E-state index contributed by atoms with van der Waals surface area (Å²) in [4.78, 5) is 11.9. The summed E-state index contributed by atoms with van der Waals surface area (Å²) in [6.45, 7) is 5.01. The van der Waals surface area contributed by atoms with Crippen LogP contribution in [-0.4, -0.2) is 19.0 Å². The molecule has 0 atom stereocenters. The van der Waals surface area contributed by atoms with Crippen LogP contribution in [0.5, 0.6) is 11.5 Å². The topological polar surface area (TPSA) is 105 Å². The van der Waals surface area contributed by atoms with Gasteiger partial charge in [-0.3, -0.25) is 4.55 Å². The quantitative estimate of drug-likeness (QED) is 0.174. The van der Waals surface area contributed by atoms with E-state index in [0.29, 0.717) is 18.6 Å². The molecule has 0 saturated carbocycles. The van der Waals surface area contributed by atoms with Crippen molar-refractivity contribution in [3.63, 3.8) is 0 Å². The second kappa shape index (κ2) is 11.8. The number of benzene rings is 3. The number of nitrogens with one attached hydrogen (secondary N) is 2. The van der Waals surface area contributed by atoms with Crippen LogP contribution in [0.3, 0.4) is 0 Å². The molecule has 3 rings (SSSR count). The van der Waals surface area contributed by atoms with Gasteiger partial charge in [0.2, 0.25) is 0 Å². The monoisotopic (exact) mass is 658 g/mol. The van der Waals surface area contributed by atoms with Gasteiger partial charge in [0, 0.05) is 5.69 Å². The summed E-state index contributed by atoms with van der Waals surface area (Å²) in [6.07, 6.45) is -14.8. The zero-order chi connectivity index (χ0) is 33.5. The van der Waals surface area contributed by atoms with Crippen LogP contribution in [-0.2, 0) is 34.1 Å². The summed E-state index contributed by atoms with van der Waals surface area (Å²) in [7, 11) is -5.16. The van der Waals surface area contributed by atoms with E-state index in [1.807, 2.05) is 5.32 Å². The molecule has 0 spiro atoms. The number of rotatable bonds is 7. The van der Waals surface area contributed by atoms with E-state index in [1.165, 1.54) is 6.07 Å². The third kappa shape index (κ3) is 8.34. The van der Waals surface area contributed by atoms with Gasteiger partial charge >= 0.3 is 24.6 Å². The Morgan fingerprint density at radius 3 is 1.68 bits per heavy atom. The average Bonchev–Trinajstić information content (AvgIpc) is 2.87. The van der Waals surface area contributed by atoms with Gasteiger partial charge in [-0.25, -0.2) is 4.79 Å². The van der Waals surface area contributed by atoms with Gasteiger partial charge in [0.15, 0.2) is 5.75 Å². The maximum atomic E-state index is 13.3. The number of ether oxygens (including phenoxy) is 1. The Balaban J connectivity index is 2.14. The first kappa shape index (κ1) is 34.5. The molecule has 3 aromatic carbocycles. The Hall–Kier alpha value is -3.99. The fourth-order valence-corrected chi connectivity index (χ4v) is 4.39. The predicted octanol–water partition coefficient (Wildman–Crippen LogP) is 9.11. The fourth-order valence-electron chi connectivity index (χ4n) is 3.73. The van der Waals surface area contributed by atoms with E-state index in [2.05, 4.69) is 5.32 Å². The van der Waals surface area contributed by atoms with Crippen molar-refractivity contribution in [1.29, 1.82) is 0 Å². The molecular formula is C27H23F9N2O5S. The molecule has 0 saturated heterocycles. The molecule has 0 aliphatic heterocycles. The summed E-state index contributed by atoms with van der Waals surface area (Å²) in [5, 5.41) is 3.91. The van der Waals surface area contributed by atoms with E-state index in [0.717, 1.165) is 18.2 Å². The Morgan fingerprint density at radius 1 is 0.750 bits per heavy atom. The number of carbonyl (C=O) groups is 1. The predicted molar refractivity (Wildman–Crippen MR) is 140 cm³/mol. The van der Waals surface area contributed by atoms with Crippen molar-refractivity contribution in [1.82, 2.24) is 0 Å². The number of hydrogen-bond acceptors (Lipinski definition) is 4. The summed E-state index contributed by atoms with van der Waals surface area (Å²) < 4.78 is 159. The Morgan fingerprint density at radius 2 is 1.25 bits per heavy atom. The van der Waals surface area contributed by atoms with Gasteiger partial charge in [-0.1, -0.05) is 20.8 Å². The van der Waals surface area contributed by atoms with Gasteiger partial charge in [-0.2, -0.15) is 47.9 Å². The summed E-state index contributed by atoms with van der Waals surface area (Å²) in [5.41, 5.74) is -6.67. The first-order valence-electron chi connectivity index (χ1n) is 12.3. The normalized spacial score (nSPS) is 13.0. The van der Waals surface area contributed by atoms with Crippen molar-refractivity contribution in [3.05, 3.63) is 76.9 Å². The minimum atomic E-state index is -5.22. The lowest BCUT2D eigenvalue weighted by atomic mass is 9.82. The molecule has 3 N–H and O–H groups in total. The Bertz CT molecular complexity index is 1620. The van der Waals surface area contributed by atoms with Crippen molar-refractivity contribution in [2.45, 2.75) is 56.0 Å². The molecule has 0 fully saturated rings. The molecule has 0 aromatic heterocycles. The number of halogens is 9. The fraction of sp³-hybridized carbons (Fsp3) is 0.296. The zero-order valence-corrected chi connectivity index (χ0v) is 23.6. The van der Waals surface area contributed by atoms with Crippen molar-refractivity contribution < 1.29 is 62.0 Å². The molecule has 240 valence electrons. The van der Waals surface area contributed by atoms with Gasteiger partial charge in [0.05, 0.1) is 22.4 Å². The maximum absolute atomic E-state index is 13.3. The van der Waals surface area contributed by atoms with Crippen LogP contribution in [0.2, 0.25) is 0 Å². The molecule has 17 heteroatoms. The smallest absolute Gasteiger partial charge is 0.416 e. The Labute approximate surface area is 244 Å². The highest BCUT2D eigenvalue weighted by Crippen LogP contribution is 2.42. The number of amides is 2. The zero-order valence-electron chi connectivity index (χ0n) is 22.8. The van der Waals surface area contributed by atoms with Crippen LogP contribution >= 0.6 is 0 Å². The minimum absolute atomic E-state index is 0.159. The van der Waals surface area contributed by atoms with E-state index >= 15 is 0 Å². The van der Waals surface area contributed by atoms with Crippen molar-refractivity contribution in [2.75, 3.05) is 10.6 Å². The van der Waals surface area contributed by atoms with E-state index < -0.39 is 78.8 Å². The van der Waals surface area contributed by atoms with Gasteiger partial charge in [-0.05, 0) is 72.0 Å². The lowest BCUT2D eigenvalue weighted by molar-refractivity contribution is -0.143. The highest BCUT2D eigenvalue weighted by Gasteiger charge is 2.37. The first-order chi connectivity index (χ1) is 19.9. The molecule has 0 unspecified atom stereocenters. The third-order valence-electron chi connectivity index (χ3n) is 6.49. The molecule has 7 nitrogen and oxygen atoms in total. The number of anilines is 2. The van der Waals surface area contributed by atoms with Crippen LogP contribution in [0, 0.1) is 0 Å². The van der Waals surface area contributed by atoms with Crippen molar-refractivity contribution in [3.8, 4) is 11.5 Å². The van der Waals surface area contributed by atoms with E-state index in [4.69, 9.17) is 4.74 Å². The summed E-state index contributed by atoms with van der Waals surface area (Å²) in [6, 6.07) is 3.83. The van der Waals surface area contributed by atoms with Gasteiger partial charge in [0.25, 0.3) is 10.1 Å². The Kier molecular flexibility index (Phi) is 9.28. The first-order valence-corrected chi connectivity index (χ1v) is 13.7. The number of urea groups is 1. The number of alkyl halides is 9. The molecule has 0 bridgehead atoms. The van der Waals surface area contributed by atoms with E-state index in [1.54, 1.807) is 20.8 Å². The number of hydrogen-bond donors (Lipinski definition) is 3. The van der Waals surface area contributed by atoms with Crippen LogP contribution in [0.25, 0.3) is 0 Å². The summed E-state index contributed by atoms with van der Waals surface area (Å²) >= 11 is 0. The molecule has 0 aliphatic carbocycles. The summed E-state index contributed by atoms with van der Waals surface area (Å²) in [5.74, 6) is -1.19. The molecule has 3 aromatic rings. The van der Waals surface area contributed by atoms with E-state index in [-0.39, 0.29) is 29.5 Å². The van der Waals surface area contributed by atoms with Gasteiger partial charge in [0.1, 0.15) is 10.6 Å². The second-order valence-electron chi connectivity index (χ2n) is 10.1. The molecular weight excluding hydrogens is 635 g/mol. The lowest BCUT2D eigenvalue weighted by Gasteiger charge is -2.26. The van der Waals surface area contributed by atoms with Gasteiger partial charge < -0.3 is 15.4 Å². The number of carbonyl (C=O) groups excluding carboxylic acids is 1. The SMILES string of the molecule is CCC(C)(C)c1cc(NC(=O)Nc2cc(C(F)(F)F)cc(C(F)(F)F)c2)c(Oc2ccc(C(F)(F)F)cc2)c(S(=O)(=O)O)c1. The third-order valence-corrected chi connectivity index (χ3v) is 7.35. The van der Waals surface area contributed by atoms with Gasteiger partial charge in [-0.15, -0.1) is 0 Å². The highest BCUT2D eigenvalue weighted by molar-refractivity contribution is 7.86. The maximum Gasteiger partial charge on any atom is 0.416 e. The average molecular weight is 659 g/mol.